The Bertz CT molecular complexity index is 1080. The SMILES string of the molecule is Cc1cc2ncc(C(=O)N3Cc4nnc(C)n4[C@@H](CC(C)C)C3)c(=O)n2[nH]1. The lowest BCUT2D eigenvalue weighted by Crippen LogP contribution is -2.43. The van der Waals surface area contributed by atoms with Gasteiger partial charge in [-0.2, -0.15) is 0 Å². The molecule has 3 aromatic heterocycles. The van der Waals surface area contributed by atoms with Crippen molar-refractivity contribution in [3.8, 4) is 0 Å². The largest absolute Gasteiger partial charge is 0.329 e. The Kier molecular flexibility index (Phi) is 4.09. The minimum absolute atomic E-state index is 0.0577. The zero-order valence-corrected chi connectivity index (χ0v) is 15.9. The molecule has 0 radical (unpaired) electrons. The number of nitrogens with zero attached hydrogens (tertiary/aromatic N) is 6. The van der Waals surface area contributed by atoms with Crippen molar-refractivity contribution >= 4 is 11.6 Å². The van der Waals surface area contributed by atoms with Crippen molar-refractivity contribution < 1.29 is 4.79 Å². The second-order valence-electron chi connectivity index (χ2n) is 7.61. The third-order valence-corrected chi connectivity index (χ3v) is 4.95. The van der Waals surface area contributed by atoms with Gasteiger partial charge in [0.05, 0.1) is 12.6 Å². The van der Waals surface area contributed by atoms with E-state index in [4.69, 9.17) is 0 Å². The lowest BCUT2D eigenvalue weighted by molar-refractivity contribution is 0.0658. The lowest BCUT2D eigenvalue weighted by Gasteiger charge is -2.35. The van der Waals surface area contributed by atoms with Crippen molar-refractivity contribution in [2.45, 2.75) is 46.7 Å². The van der Waals surface area contributed by atoms with Crippen LogP contribution in [0.4, 0.5) is 0 Å². The molecule has 1 N–H and O–H groups in total. The van der Waals surface area contributed by atoms with Crippen molar-refractivity contribution in [3.05, 3.63) is 45.5 Å². The Hall–Kier alpha value is -2.97. The number of hydrogen-bond donors (Lipinski definition) is 1. The second kappa shape index (κ2) is 6.33. The number of nitrogens with one attached hydrogen (secondary N) is 1. The molecule has 1 aliphatic rings. The van der Waals surface area contributed by atoms with E-state index >= 15 is 0 Å². The highest BCUT2D eigenvalue weighted by atomic mass is 16.2. The topological polar surface area (TPSA) is 101 Å². The molecule has 0 spiro atoms. The smallest absolute Gasteiger partial charge is 0.285 e. The maximum absolute atomic E-state index is 13.1. The number of fused-ring (bicyclic) bond motifs is 2. The van der Waals surface area contributed by atoms with Gasteiger partial charge in [0.15, 0.2) is 11.5 Å². The first-order valence-electron chi connectivity index (χ1n) is 9.12. The normalized spacial score (nSPS) is 16.9. The van der Waals surface area contributed by atoms with E-state index in [1.807, 2.05) is 13.8 Å². The minimum Gasteiger partial charge on any atom is -0.329 e. The Morgan fingerprint density at radius 1 is 1.33 bits per heavy atom. The molecule has 0 saturated carbocycles. The summed E-state index contributed by atoms with van der Waals surface area (Å²) in [5, 5.41) is 11.3. The van der Waals surface area contributed by atoms with Crippen LogP contribution in [0, 0.1) is 19.8 Å². The molecule has 142 valence electrons. The van der Waals surface area contributed by atoms with Crippen LogP contribution in [0.3, 0.4) is 0 Å². The molecule has 1 amide bonds. The Labute approximate surface area is 156 Å². The summed E-state index contributed by atoms with van der Waals surface area (Å²) in [4.78, 5) is 31.8. The van der Waals surface area contributed by atoms with E-state index in [9.17, 15) is 9.59 Å². The number of amides is 1. The van der Waals surface area contributed by atoms with Gasteiger partial charge in [0, 0.05) is 24.5 Å². The molecule has 1 atom stereocenters. The quantitative estimate of drug-likeness (QED) is 0.753. The van der Waals surface area contributed by atoms with Crippen LogP contribution in [0.15, 0.2) is 17.1 Å². The highest BCUT2D eigenvalue weighted by Gasteiger charge is 2.32. The summed E-state index contributed by atoms with van der Waals surface area (Å²) in [6, 6.07) is 1.86. The Balaban J connectivity index is 1.70. The van der Waals surface area contributed by atoms with Gasteiger partial charge < -0.3 is 9.47 Å². The van der Waals surface area contributed by atoms with Crippen molar-refractivity contribution in [1.82, 2.24) is 34.3 Å². The minimum atomic E-state index is -0.387. The van der Waals surface area contributed by atoms with E-state index in [1.165, 1.54) is 10.7 Å². The zero-order valence-electron chi connectivity index (χ0n) is 15.9. The van der Waals surface area contributed by atoms with Gasteiger partial charge in [0.1, 0.15) is 11.4 Å². The van der Waals surface area contributed by atoms with E-state index < -0.39 is 0 Å². The van der Waals surface area contributed by atoms with Crippen molar-refractivity contribution in [2.24, 2.45) is 5.92 Å². The number of hydrogen-bond acceptors (Lipinski definition) is 5. The fraction of sp³-hybridized carbons (Fsp3) is 0.500. The number of carbonyl (C=O) groups is 1. The molecule has 0 fully saturated rings. The third kappa shape index (κ3) is 2.92. The maximum atomic E-state index is 13.1. The second-order valence-corrected chi connectivity index (χ2v) is 7.61. The van der Waals surface area contributed by atoms with E-state index in [0.29, 0.717) is 24.7 Å². The lowest BCUT2D eigenvalue weighted by atomic mass is 10.0. The van der Waals surface area contributed by atoms with Crippen LogP contribution in [-0.2, 0) is 6.54 Å². The van der Waals surface area contributed by atoms with Crippen LogP contribution < -0.4 is 5.56 Å². The molecule has 3 aromatic rings. The van der Waals surface area contributed by atoms with Crippen molar-refractivity contribution in [1.29, 1.82) is 0 Å². The van der Waals surface area contributed by atoms with Crippen LogP contribution in [0.5, 0.6) is 0 Å². The zero-order chi connectivity index (χ0) is 19.3. The van der Waals surface area contributed by atoms with Gasteiger partial charge in [-0.25, -0.2) is 9.50 Å². The van der Waals surface area contributed by atoms with Gasteiger partial charge >= 0.3 is 0 Å². The number of rotatable bonds is 3. The summed E-state index contributed by atoms with van der Waals surface area (Å²) in [6.07, 6.45) is 2.27. The van der Waals surface area contributed by atoms with Gasteiger partial charge in [0.2, 0.25) is 0 Å². The molecular weight excluding hydrogens is 346 g/mol. The fourth-order valence-corrected chi connectivity index (χ4v) is 3.84. The highest BCUT2D eigenvalue weighted by molar-refractivity contribution is 5.93. The summed E-state index contributed by atoms with van der Waals surface area (Å²) >= 11 is 0. The molecule has 4 heterocycles. The number of H-pyrrole nitrogens is 1. The van der Waals surface area contributed by atoms with Crippen molar-refractivity contribution in [2.75, 3.05) is 6.54 Å². The summed E-state index contributed by atoms with van der Waals surface area (Å²) in [7, 11) is 0. The standard InChI is InChI=1S/C18H23N7O2/c1-10(2)5-13-8-23(9-16-21-20-12(4)24(13)16)17(26)14-7-19-15-6-11(3)22-25(15)18(14)27/h6-7,10,13,22H,5,8-9H2,1-4H3/t13-/m0/s1. The molecular formula is C18H23N7O2. The number of aromatic amines is 1. The van der Waals surface area contributed by atoms with E-state index in [-0.39, 0.29) is 23.1 Å². The van der Waals surface area contributed by atoms with E-state index in [0.717, 1.165) is 23.8 Å². The van der Waals surface area contributed by atoms with Gasteiger partial charge in [-0.3, -0.25) is 14.7 Å². The average Bonchev–Trinajstić information content (AvgIpc) is 3.17. The first kappa shape index (κ1) is 17.4. The fourth-order valence-electron chi connectivity index (χ4n) is 3.84. The number of aromatic nitrogens is 6. The molecule has 1 aliphatic heterocycles. The van der Waals surface area contributed by atoms with Crippen LogP contribution in [0.25, 0.3) is 5.65 Å². The van der Waals surface area contributed by atoms with Crippen LogP contribution in [-0.4, -0.2) is 46.7 Å². The number of carbonyl (C=O) groups excluding carboxylic acids is 1. The predicted molar refractivity (Wildman–Crippen MR) is 98.5 cm³/mol. The summed E-state index contributed by atoms with van der Waals surface area (Å²) in [6.45, 7) is 8.93. The average molecular weight is 369 g/mol. The molecule has 0 aliphatic carbocycles. The van der Waals surface area contributed by atoms with Crippen LogP contribution in [0.2, 0.25) is 0 Å². The summed E-state index contributed by atoms with van der Waals surface area (Å²) in [5.74, 6) is 1.75. The van der Waals surface area contributed by atoms with Gasteiger partial charge in [-0.15, -0.1) is 10.2 Å². The monoisotopic (exact) mass is 369 g/mol. The third-order valence-electron chi connectivity index (χ3n) is 4.95. The van der Waals surface area contributed by atoms with Crippen LogP contribution in [0.1, 0.15) is 54.0 Å². The molecule has 4 rings (SSSR count). The summed E-state index contributed by atoms with van der Waals surface area (Å²) < 4.78 is 3.43. The molecule has 9 nitrogen and oxygen atoms in total. The highest BCUT2D eigenvalue weighted by Crippen LogP contribution is 2.27. The van der Waals surface area contributed by atoms with Crippen LogP contribution >= 0.6 is 0 Å². The summed E-state index contributed by atoms with van der Waals surface area (Å²) in [5.41, 5.74) is 0.979. The molecule has 0 bridgehead atoms. The molecule has 0 saturated heterocycles. The Morgan fingerprint density at radius 2 is 2.11 bits per heavy atom. The maximum Gasteiger partial charge on any atom is 0.285 e. The Morgan fingerprint density at radius 3 is 2.85 bits per heavy atom. The van der Waals surface area contributed by atoms with Crippen molar-refractivity contribution in [3.63, 3.8) is 0 Å². The predicted octanol–water partition coefficient (Wildman–Crippen LogP) is 1.47. The number of aryl methyl sites for hydroxylation is 2. The first-order chi connectivity index (χ1) is 12.8. The van der Waals surface area contributed by atoms with E-state index in [2.05, 4.69) is 38.7 Å². The van der Waals surface area contributed by atoms with Gasteiger partial charge in [-0.05, 0) is 26.2 Å². The molecule has 27 heavy (non-hydrogen) atoms. The molecule has 9 heteroatoms. The molecule has 0 aromatic carbocycles. The van der Waals surface area contributed by atoms with Gasteiger partial charge in [-0.1, -0.05) is 13.8 Å². The van der Waals surface area contributed by atoms with Gasteiger partial charge in [0.25, 0.3) is 11.5 Å². The van der Waals surface area contributed by atoms with E-state index in [1.54, 1.807) is 11.0 Å². The first-order valence-corrected chi connectivity index (χ1v) is 9.12. The molecule has 0 unspecified atom stereocenters.